The topological polar surface area (TPSA) is 95.8 Å². The first kappa shape index (κ1) is 18.1. The minimum absolute atomic E-state index is 0.150. The Kier molecular flexibility index (Phi) is 3.90. The third-order valence-corrected chi connectivity index (χ3v) is 6.66. The zero-order chi connectivity index (χ0) is 21.1. The van der Waals surface area contributed by atoms with Crippen LogP contribution in [0.25, 0.3) is 32.3 Å². The lowest BCUT2D eigenvalue weighted by Crippen LogP contribution is -2.25. The first-order valence-electron chi connectivity index (χ1n) is 9.90. The van der Waals surface area contributed by atoms with Crippen LogP contribution in [0.2, 0.25) is 0 Å². The molecule has 0 radical (unpaired) electrons. The van der Waals surface area contributed by atoms with E-state index in [2.05, 4.69) is 20.2 Å². The lowest BCUT2D eigenvalue weighted by Gasteiger charge is -2.05. The van der Waals surface area contributed by atoms with Crippen molar-refractivity contribution in [3.8, 4) is 0 Å². The highest BCUT2D eigenvalue weighted by Gasteiger charge is 2.19. The summed E-state index contributed by atoms with van der Waals surface area (Å²) in [5, 5.41) is 10.5. The van der Waals surface area contributed by atoms with Gasteiger partial charge in [-0.2, -0.15) is 10.2 Å². The van der Waals surface area contributed by atoms with Gasteiger partial charge in [-0.3, -0.25) is 14.5 Å². The molecule has 0 saturated heterocycles. The molecule has 1 aliphatic rings. The molecule has 0 spiro atoms. The summed E-state index contributed by atoms with van der Waals surface area (Å²) in [6, 6.07) is 3.86. The van der Waals surface area contributed by atoms with Crippen molar-refractivity contribution in [3.63, 3.8) is 0 Å². The maximum atomic E-state index is 13.2. The van der Waals surface area contributed by atoms with E-state index in [1.54, 1.807) is 28.4 Å². The molecule has 0 aromatic carbocycles. The molecule has 0 fully saturated rings. The van der Waals surface area contributed by atoms with Gasteiger partial charge in [0, 0.05) is 31.6 Å². The van der Waals surface area contributed by atoms with Crippen LogP contribution < -0.4 is 5.56 Å². The van der Waals surface area contributed by atoms with E-state index in [4.69, 9.17) is 4.98 Å². The second-order valence-corrected chi connectivity index (χ2v) is 8.66. The van der Waals surface area contributed by atoms with Gasteiger partial charge in [0.15, 0.2) is 5.65 Å². The number of hydrogen-bond acceptors (Lipinski definition) is 7. The van der Waals surface area contributed by atoms with Crippen LogP contribution in [0, 0.1) is 0 Å². The Hall–Kier alpha value is -3.66. The lowest BCUT2D eigenvalue weighted by molar-refractivity contribution is 0.634. The molecule has 0 N–H and O–H groups in total. The second kappa shape index (κ2) is 6.67. The molecule has 0 unspecified atom stereocenters. The van der Waals surface area contributed by atoms with Crippen LogP contribution in [-0.2, 0) is 27.1 Å². The first-order valence-corrected chi connectivity index (χ1v) is 10.7. The third-order valence-electron chi connectivity index (χ3n) is 5.59. The molecule has 5 aromatic heterocycles. The second-order valence-electron chi connectivity index (χ2n) is 7.58. The number of aliphatic imine (C=N–C) groups is 1. The molecule has 0 aliphatic carbocycles. The Balaban J connectivity index is 1.40. The Morgan fingerprint density at radius 1 is 1.13 bits per heavy atom. The van der Waals surface area contributed by atoms with Crippen molar-refractivity contribution < 1.29 is 0 Å². The number of hydrogen-bond donors (Lipinski definition) is 0. The Bertz CT molecular complexity index is 1610. The number of pyridine rings is 1. The summed E-state index contributed by atoms with van der Waals surface area (Å²) >= 11 is 1.60. The maximum Gasteiger partial charge on any atom is 0.291 e. The molecular weight excluding hydrogens is 412 g/mol. The molecule has 5 aromatic rings. The van der Waals surface area contributed by atoms with Gasteiger partial charge in [0.2, 0.25) is 0 Å². The SMILES string of the molecule is Cn1ncc2nc(Cn3ncc4c5sc(CC6=NCC=C6)nc5n(C)c4c3=O)ccc21. The highest BCUT2D eigenvalue weighted by atomic mass is 32.1. The Morgan fingerprint density at radius 3 is 2.87 bits per heavy atom. The zero-order valence-electron chi connectivity index (χ0n) is 17.0. The molecule has 0 bridgehead atoms. The van der Waals surface area contributed by atoms with Crippen molar-refractivity contribution >= 4 is 49.3 Å². The third kappa shape index (κ3) is 2.82. The molecule has 31 heavy (non-hydrogen) atoms. The number of thiazole rings is 1. The Morgan fingerprint density at radius 2 is 2.03 bits per heavy atom. The monoisotopic (exact) mass is 430 g/mol. The molecule has 0 amide bonds. The molecule has 10 heteroatoms. The smallest absolute Gasteiger partial charge is 0.291 e. The van der Waals surface area contributed by atoms with Crippen LogP contribution in [0.4, 0.5) is 0 Å². The quantitative estimate of drug-likeness (QED) is 0.436. The standard InChI is InChI=1S/C21H18N8OS/c1-27-18-14(19-20(27)26-17(31-19)8-12-4-3-7-22-12)9-24-29(21(18)30)11-13-5-6-16-15(25-13)10-23-28(16)2/h3-6,9-10H,7-8,11H2,1-2H3. The largest absolute Gasteiger partial charge is 0.323 e. The average molecular weight is 430 g/mol. The molecule has 1 aliphatic heterocycles. The number of nitrogens with zero attached hydrogens (tertiary/aromatic N) is 8. The maximum absolute atomic E-state index is 13.2. The highest BCUT2D eigenvalue weighted by Crippen LogP contribution is 2.31. The molecular formula is C21H18N8OS. The minimum Gasteiger partial charge on any atom is -0.323 e. The fourth-order valence-corrected chi connectivity index (χ4v) is 5.15. The number of aryl methyl sites for hydroxylation is 2. The van der Waals surface area contributed by atoms with Crippen LogP contribution in [0.5, 0.6) is 0 Å². The van der Waals surface area contributed by atoms with Crippen molar-refractivity contribution in [2.24, 2.45) is 19.1 Å². The van der Waals surface area contributed by atoms with Gasteiger partial charge >= 0.3 is 0 Å². The van der Waals surface area contributed by atoms with Gasteiger partial charge in [-0.25, -0.2) is 14.6 Å². The van der Waals surface area contributed by atoms with E-state index in [-0.39, 0.29) is 5.56 Å². The van der Waals surface area contributed by atoms with Crippen molar-refractivity contribution in [2.45, 2.75) is 13.0 Å². The van der Waals surface area contributed by atoms with E-state index >= 15 is 0 Å². The number of fused-ring (bicyclic) bond motifs is 4. The van der Waals surface area contributed by atoms with Gasteiger partial charge < -0.3 is 4.57 Å². The van der Waals surface area contributed by atoms with Gasteiger partial charge in [-0.05, 0) is 18.2 Å². The van der Waals surface area contributed by atoms with Crippen molar-refractivity contribution in [2.75, 3.05) is 6.54 Å². The lowest BCUT2D eigenvalue weighted by atomic mass is 10.3. The minimum atomic E-state index is -0.150. The summed E-state index contributed by atoms with van der Waals surface area (Å²) in [6.45, 7) is 1.04. The number of rotatable bonds is 4. The number of allylic oxidation sites excluding steroid dienone is 1. The molecule has 0 saturated carbocycles. The van der Waals surface area contributed by atoms with Crippen LogP contribution >= 0.6 is 11.3 Å². The molecule has 6 rings (SSSR count). The summed E-state index contributed by atoms with van der Waals surface area (Å²) < 4.78 is 6.09. The molecule has 6 heterocycles. The van der Waals surface area contributed by atoms with Gasteiger partial charge in [-0.15, -0.1) is 11.3 Å². The molecule has 9 nitrogen and oxygen atoms in total. The van der Waals surface area contributed by atoms with Crippen LogP contribution in [0.3, 0.4) is 0 Å². The van der Waals surface area contributed by atoms with Gasteiger partial charge in [0.05, 0.1) is 41.4 Å². The summed E-state index contributed by atoms with van der Waals surface area (Å²) in [4.78, 5) is 27.1. The van der Waals surface area contributed by atoms with Crippen LogP contribution in [0.1, 0.15) is 10.7 Å². The fourth-order valence-electron chi connectivity index (χ4n) is 4.03. The van der Waals surface area contributed by atoms with Crippen LogP contribution in [-0.4, -0.2) is 46.4 Å². The zero-order valence-corrected chi connectivity index (χ0v) is 17.8. The first-order chi connectivity index (χ1) is 15.1. The fraction of sp³-hybridized carbons (Fsp3) is 0.238. The van der Waals surface area contributed by atoms with E-state index in [1.165, 1.54) is 4.68 Å². The Labute approximate surface area is 180 Å². The van der Waals surface area contributed by atoms with Crippen LogP contribution in [0.15, 0.2) is 46.5 Å². The number of aromatic nitrogens is 7. The van der Waals surface area contributed by atoms with Crippen molar-refractivity contribution in [1.29, 1.82) is 0 Å². The summed E-state index contributed by atoms with van der Waals surface area (Å²) in [5.74, 6) is 0. The van der Waals surface area contributed by atoms with E-state index in [0.717, 1.165) is 49.7 Å². The molecule has 0 atom stereocenters. The van der Waals surface area contributed by atoms with E-state index < -0.39 is 0 Å². The highest BCUT2D eigenvalue weighted by molar-refractivity contribution is 7.19. The van der Waals surface area contributed by atoms with E-state index in [1.807, 2.05) is 42.9 Å². The summed E-state index contributed by atoms with van der Waals surface area (Å²) in [6.07, 6.45) is 8.29. The van der Waals surface area contributed by atoms with Gasteiger partial charge in [0.25, 0.3) is 5.56 Å². The predicted octanol–water partition coefficient (Wildman–Crippen LogP) is 2.23. The van der Waals surface area contributed by atoms with Gasteiger partial charge in [-0.1, -0.05) is 6.08 Å². The van der Waals surface area contributed by atoms with Gasteiger partial charge in [0.1, 0.15) is 16.0 Å². The van der Waals surface area contributed by atoms with Crippen molar-refractivity contribution in [3.05, 3.63) is 57.7 Å². The average Bonchev–Trinajstić information content (AvgIpc) is 3.53. The summed E-state index contributed by atoms with van der Waals surface area (Å²) in [5.41, 5.74) is 4.82. The van der Waals surface area contributed by atoms with Crippen molar-refractivity contribution in [1.82, 2.24) is 34.1 Å². The van der Waals surface area contributed by atoms with E-state index in [9.17, 15) is 4.79 Å². The van der Waals surface area contributed by atoms with E-state index in [0.29, 0.717) is 18.5 Å². The normalized spacial score (nSPS) is 13.8. The molecule has 154 valence electrons. The predicted molar refractivity (Wildman–Crippen MR) is 121 cm³/mol. The summed E-state index contributed by atoms with van der Waals surface area (Å²) in [7, 11) is 3.76.